The number of nitrogens with zero attached hydrogens (tertiary/aromatic N) is 3. The lowest BCUT2D eigenvalue weighted by Crippen LogP contribution is -2.28. The van der Waals surface area contributed by atoms with Crippen LogP contribution >= 0.6 is 11.6 Å². The lowest BCUT2D eigenvalue weighted by Gasteiger charge is -2.17. The number of sulfonamides is 1. The predicted molar refractivity (Wildman–Crippen MR) is 122 cm³/mol. The van der Waals surface area contributed by atoms with Crippen LogP contribution in [0.4, 0.5) is 5.69 Å². The van der Waals surface area contributed by atoms with Crippen LogP contribution in [0.5, 0.6) is 5.75 Å². The topological polar surface area (TPSA) is 93.5 Å². The second-order valence-electron chi connectivity index (χ2n) is 7.53. The van der Waals surface area contributed by atoms with Crippen LogP contribution in [0.15, 0.2) is 53.6 Å². The molecule has 0 aliphatic carbocycles. The number of ether oxygens (including phenoxy) is 1. The number of nitrogens with one attached hydrogen (secondary N) is 1. The van der Waals surface area contributed by atoms with E-state index in [0.29, 0.717) is 30.2 Å². The maximum Gasteiger partial charge on any atom is 0.276 e. The number of halogens is 1. The van der Waals surface area contributed by atoms with Gasteiger partial charge in [0.1, 0.15) is 16.3 Å². The lowest BCUT2D eigenvalue weighted by atomic mass is 10.2. The number of methoxy groups -OCH3 is 1. The smallest absolute Gasteiger partial charge is 0.276 e. The standard InChI is InChI=1S/C22H23ClN4O4S/c1-15-5-8-20(31-2)19(13-15)27-12-9-18(25-27)22(28)24-16-6-7-17(23)21(14-16)32(29,30)26-10-3-4-11-26/h5-9,12-14H,3-4,10-11H2,1-2H3,(H,24,28). The van der Waals surface area contributed by atoms with Crippen LogP contribution in [0.2, 0.25) is 5.02 Å². The molecule has 1 N–H and O–H groups in total. The number of carbonyl (C=O) groups is 1. The highest BCUT2D eigenvalue weighted by molar-refractivity contribution is 7.89. The number of anilines is 1. The zero-order valence-electron chi connectivity index (χ0n) is 17.7. The monoisotopic (exact) mass is 474 g/mol. The summed E-state index contributed by atoms with van der Waals surface area (Å²) < 4.78 is 34.2. The Bertz CT molecular complexity index is 1270. The molecule has 0 atom stereocenters. The van der Waals surface area contributed by atoms with E-state index < -0.39 is 15.9 Å². The van der Waals surface area contributed by atoms with Crippen LogP contribution in [0.3, 0.4) is 0 Å². The quantitative estimate of drug-likeness (QED) is 0.585. The van der Waals surface area contributed by atoms with E-state index in [1.807, 2.05) is 25.1 Å². The van der Waals surface area contributed by atoms with Crippen molar-refractivity contribution in [2.75, 3.05) is 25.5 Å². The molecule has 1 saturated heterocycles. The number of hydrogen-bond donors (Lipinski definition) is 1. The van der Waals surface area contributed by atoms with Gasteiger partial charge in [-0.05, 0) is 61.7 Å². The lowest BCUT2D eigenvalue weighted by molar-refractivity contribution is 0.102. The molecular weight excluding hydrogens is 452 g/mol. The summed E-state index contributed by atoms with van der Waals surface area (Å²) in [7, 11) is -2.15. The number of rotatable bonds is 6. The Kier molecular flexibility index (Phi) is 6.23. The van der Waals surface area contributed by atoms with Crippen molar-refractivity contribution in [2.24, 2.45) is 0 Å². The summed E-state index contributed by atoms with van der Waals surface area (Å²) >= 11 is 6.18. The number of aryl methyl sites for hydroxylation is 1. The van der Waals surface area contributed by atoms with Gasteiger partial charge in [-0.2, -0.15) is 9.40 Å². The van der Waals surface area contributed by atoms with E-state index in [-0.39, 0.29) is 15.6 Å². The molecule has 0 saturated carbocycles. The molecule has 0 unspecified atom stereocenters. The Morgan fingerprint density at radius 2 is 1.88 bits per heavy atom. The van der Waals surface area contributed by atoms with Gasteiger partial charge in [0.05, 0.1) is 12.1 Å². The van der Waals surface area contributed by atoms with E-state index in [4.69, 9.17) is 16.3 Å². The van der Waals surface area contributed by atoms with E-state index in [2.05, 4.69) is 10.4 Å². The molecule has 0 radical (unpaired) electrons. The Morgan fingerprint density at radius 1 is 1.12 bits per heavy atom. The maximum atomic E-state index is 12.9. The number of aromatic nitrogens is 2. The summed E-state index contributed by atoms with van der Waals surface area (Å²) in [5, 5.41) is 7.17. The van der Waals surface area contributed by atoms with Gasteiger partial charge in [-0.15, -0.1) is 0 Å². The van der Waals surface area contributed by atoms with Crippen LogP contribution in [0, 0.1) is 6.92 Å². The molecule has 1 aliphatic heterocycles. The van der Waals surface area contributed by atoms with Crippen molar-refractivity contribution in [1.82, 2.24) is 14.1 Å². The van der Waals surface area contributed by atoms with Crippen molar-refractivity contribution in [3.05, 3.63) is 64.9 Å². The first-order valence-corrected chi connectivity index (χ1v) is 11.9. The molecule has 3 aromatic rings. The summed E-state index contributed by atoms with van der Waals surface area (Å²) in [5.74, 6) is 0.155. The normalized spacial score (nSPS) is 14.5. The van der Waals surface area contributed by atoms with E-state index >= 15 is 0 Å². The molecule has 10 heteroatoms. The van der Waals surface area contributed by atoms with Gasteiger partial charge < -0.3 is 10.1 Å². The number of carbonyl (C=O) groups excluding carboxylic acids is 1. The third kappa shape index (κ3) is 4.36. The van der Waals surface area contributed by atoms with E-state index in [1.165, 1.54) is 16.4 Å². The number of hydrogen-bond acceptors (Lipinski definition) is 5. The first kappa shape index (κ1) is 22.3. The summed E-state index contributed by atoms with van der Waals surface area (Å²) in [5.41, 5.74) is 2.22. The molecule has 0 spiro atoms. The Hall–Kier alpha value is -2.88. The van der Waals surface area contributed by atoms with E-state index in [0.717, 1.165) is 18.4 Å². The van der Waals surface area contributed by atoms with Gasteiger partial charge in [-0.3, -0.25) is 4.79 Å². The van der Waals surface area contributed by atoms with Crippen molar-refractivity contribution < 1.29 is 17.9 Å². The third-order valence-electron chi connectivity index (χ3n) is 5.27. The molecule has 32 heavy (non-hydrogen) atoms. The maximum absolute atomic E-state index is 12.9. The van der Waals surface area contributed by atoms with Crippen molar-refractivity contribution >= 4 is 33.2 Å². The highest BCUT2D eigenvalue weighted by atomic mass is 35.5. The highest BCUT2D eigenvalue weighted by Gasteiger charge is 2.29. The molecule has 0 bridgehead atoms. The second kappa shape index (κ2) is 8.93. The van der Waals surface area contributed by atoms with Crippen LogP contribution < -0.4 is 10.1 Å². The largest absolute Gasteiger partial charge is 0.494 e. The first-order valence-electron chi connectivity index (χ1n) is 10.1. The summed E-state index contributed by atoms with van der Waals surface area (Å²) in [6, 6.07) is 11.7. The molecule has 1 fully saturated rings. The van der Waals surface area contributed by atoms with Gasteiger partial charge >= 0.3 is 0 Å². The van der Waals surface area contributed by atoms with Crippen LogP contribution in [0.25, 0.3) is 5.69 Å². The Morgan fingerprint density at radius 3 is 2.59 bits per heavy atom. The zero-order chi connectivity index (χ0) is 22.9. The second-order valence-corrected chi connectivity index (χ2v) is 9.84. The zero-order valence-corrected chi connectivity index (χ0v) is 19.3. The number of amides is 1. The molecule has 168 valence electrons. The van der Waals surface area contributed by atoms with Gasteiger partial charge in [0.2, 0.25) is 10.0 Å². The SMILES string of the molecule is COc1ccc(C)cc1-n1ccc(C(=O)Nc2ccc(Cl)c(S(=O)(=O)N3CCCC3)c2)n1. The fraction of sp³-hybridized carbons (Fsp3) is 0.273. The van der Waals surface area contributed by atoms with Crippen LogP contribution in [-0.2, 0) is 10.0 Å². The van der Waals surface area contributed by atoms with Gasteiger partial charge in [-0.1, -0.05) is 17.7 Å². The molecule has 1 aromatic heterocycles. The van der Waals surface area contributed by atoms with Gasteiger partial charge in [0.15, 0.2) is 5.69 Å². The predicted octanol–water partition coefficient (Wildman–Crippen LogP) is 3.88. The molecule has 1 amide bonds. The van der Waals surface area contributed by atoms with Crippen molar-refractivity contribution in [3.63, 3.8) is 0 Å². The minimum absolute atomic E-state index is 0.0195. The van der Waals surface area contributed by atoms with Gasteiger partial charge in [-0.25, -0.2) is 13.1 Å². The summed E-state index contributed by atoms with van der Waals surface area (Å²) in [4.78, 5) is 12.8. The fourth-order valence-corrected chi connectivity index (χ4v) is 5.62. The first-order chi connectivity index (χ1) is 15.3. The Balaban J connectivity index is 1.57. The molecular formula is C22H23ClN4O4S. The molecule has 4 rings (SSSR count). The third-order valence-corrected chi connectivity index (χ3v) is 7.66. The average molecular weight is 475 g/mol. The van der Waals surface area contributed by atoms with Crippen LogP contribution in [0.1, 0.15) is 28.9 Å². The fourth-order valence-electron chi connectivity index (χ4n) is 3.60. The Labute approximate surface area is 191 Å². The molecule has 1 aliphatic rings. The van der Waals surface area contributed by atoms with E-state index in [1.54, 1.807) is 30.1 Å². The highest BCUT2D eigenvalue weighted by Crippen LogP contribution is 2.30. The average Bonchev–Trinajstić information content (AvgIpc) is 3.48. The van der Waals surface area contributed by atoms with Crippen molar-refractivity contribution in [2.45, 2.75) is 24.7 Å². The molecule has 8 nitrogen and oxygen atoms in total. The van der Waals surface area contributed by atoms with Crippen LogP contribution in [-0.4, -0.2) is 48.6 Å². The van der Waals surface area contributed by atoms with Gasteiger partial charge in [0.25, 0.3) is 5.91 Å². The molecule has 2 aromatic carbocycles. The van der Waals surface area contributed by atoms with Gasteiger partial charge in [0, 0.05) is 25.0 Å². The van der Waals surface area contributed by atoms with Crippen molar-refractivity contribution in [1.29, 1.82) is 0 Å². The van der Waals surface area contributed by atoms with Crippen molar-refractivity contribution in [3.8, 4) is 11.4 Å². The number of benzene rings is 2. The minimum Gasteiger partial charge on any atom is -0.494 e. The van der Waals surface area contributed by atoms with E-state index in [9.17, 15) is 13.2 Å². The molecule has 2 heterocycles. The summed E-state index contributed by atoms with van der Waals surface area (Å²) in [6.07, 6.45) is 3.31. The summed E-state index contributed by atoms with van der Waals surface area (Å²) in [6.45, 7) is 2.89. The minimum atomic E-state index is -3.72.